The average Bonchev–Trinajstić information content (AvgIpc) is 3.21. The van der Waals surface area contributed by atoms with E-state index in [1.165, 1.54) is 12.8 Å². The lowest BCUT2D eigenvalue weighted by atomic mass is 10.0. The second kappa shape index (κ2) is 6.53. The third kappa shape index (κ3) is 3.69. The summed E-state index contributed by atoms with van der Waals surface area (Å²) in [7, 11) is 0. The summed E-state index contributed by atoms with van der Waals surface area (Å²) in [4.78, 5) is 22.4. The predicted octanol–water partition coefficient (Wildman–Crippen LogP) is 1.62. The number of carbonyl (C=O) groups is 1. The molecule has 1 saturated heterocycles. The Morgan fingerprint density at radius 1 is 1.19 bits per heavy atom. The topological polar surface area (TPSA) is 81.6 Å². The van der Waals surface area contributed by atoms with Gasteiger partial charge in [-0.15, -0.1) is 0 Å². The van der Waals surface area contributed by atoms with Crippen molar-refractivity contribution in [2.75, 3.05) is 13.2 Å². The zero-order valence-corrected chi connectivity index (χ0v) is 11.6. The molecule has 3 heterocycles. The van der Waals surface area contributed by atoms with E-state index in [1.807, 2.05) is 0 Å². The maximum Gasteiger partial charge on any atom is 0.223 e. The lowest BCUT2D eigenvalue weighted by molar-refractivity contribution is -0.133. The molecular weight excluding hydrogens is 274 g/mol. The fraction of sp³-hybridized carbons (Fsp3) is 0.500. The zero-order chi connectivity index (χ0) is 14.5. The standard InChI is InChI=1S/C14H17N3O4/c18-14(3-11-1-2-19-6-11)17(4-12-7-20-9-15-12)5-13-8-21-10-16-13/h7-11H,1-6H2/t11-/m1/s1. The van der Waals surface area contributed by atoms with E-state index < -0.39 is 0 Å². The molecule has 7 nitrogen and oxygen atoms in total. The van der Waals surface area contributed by atoms with Gasteiger partial charge in [-0.05, 0) is 12.3 Å². The first-order valence-electron chi connectivity index (χ1n) is 6.91. The van der Waals surface area contributed by atoms with E-state index in [0.717, 1.165) is 24.4 Å². The first-order valence-corrected chi connectivity index (χ1v) is 6.91. The molecule has 0 aromatic carbocycles. The summed E-state index contributed by atoms with van der Waals surface area (Å²) < 4.78 is 15.2. The van der Waals surface area contributed by atoms with Gasteiger partial charge in [-0.25, -0.2) is 9.97 Å². The molecule has 0 spiro atoms. The molecular formula is C14H17N3O4. The molecule has 1 amide bonds. The van der Waals surface area contributed by atoms with Crippen molar-refractivity contribution in [3.05, 3.63) is 36.7 Å². The Morgan fingerprint density at radius 2 is 1.86 bits per heavy atom. The van der Waals surface area contributed by atoms with Crippen LogP contribution in [0.2, 0.25) is 0 Å². The molecule has 2 aromatic heterocycles. The van der Waals surface area contributed by atoms with Crippen molar-refractivity contribution in [3.63, 3.8) is 0 Å². The Morgan fingerprint density at radius 3 is 2.33 bits per heavy atom. The summed E-state index contributed by atoms with van der Waals surface area (Å²) in [5.74, 6) is 0.367. The summed E-state index contributed by atoms with van der Waals surface area (Å²) in [6, 6.07) is 0. The maximum atomic E-state index is 12.5. The highest BCUT2D eigenvalue weighted by Gasteiger charge is 2.24. The van der Waals surface area contributed by atoms with Crippen LogP contribution in [0.25, 0.3) is 0 Å². The molecule has 3 rings (SSSR count). The van der Waals surface area contributed by atoms with Gasteiger partial charge in [0.05, 0.1) is 24.5 Å². The number of amides is 1. The molecule has 0 radical (unpaired) electrons. The first kappa shape index (κ1) is 13.8. The summed E-state index contributed by atoms with van der Waals surface area (Å²) in [6.45, 7) is 2.20. The van der Waals surface area contributed by atoms with Gasteiger partial charge in [0, 0.05) is 19.6 Å². The van der Waals surface area contributed by atoms with Gasteiger partial charge in [-0.2, -0.15) is 0 Å². The molecule has 0 aliphatic carbocycles. The number of carbonyl (C=O) groups excluding carboxylic acids is 1. The van der Waals surface area contributed by atoms with Crippen LogP contribution in [0.1, 0.15) is 24.2 Å². The maximum absolute atomic E-state index is 12.5. The Hall–Kier alpha value is -2.15. The minimum Gasteiger partial charge on any atom is -0.451 e. The van der Waals surface area contributed by atoms with Crippen molar-refractivity contribution in [3.8, 4) is 0 Å². The lowest BCUT2D eigenvalue weighted by Crippen LogP contribution is -2.31. The van der Waals surface area contributed by atoms with Crippen molar-refractivity contribution in [2.45, 2.75) is 25.9 Å². The largest absolute Gasteiger partial charge is 0.451 e. The number of rotatable bonds is 6. The van der Waals surface area contributed by atoms with Crippen molar-refractivity contribution < 1.29 is 18.4 Å². The molecule has 1 aliphatic rings. The second-order valence-electron chi connectivity index (χ2n) is 5.14. The molecule has 0 bridgehead atoms. The SMILES string of the molecule is O=C(C[C@H]1CCOC1)N(Cc1cocn1)Cc1cocn1. The van der Waals surface area contributed by atoms with Gasteiger partial charge in [0.15, 0.2) is 12.8 Å². The number of aromatic nitrogens is 2. The van der Waals surface area contributed by atoms with Crippen LogP contribution < -0.4 is 0 Å². The van der Waals surface area contributed by atoms with Crippen LogP contribution in [-0.2, 0) is 22.6 Å². The van der Waals surface area contributed by atoms with Crippen molar-refractivity contribution in [1.29, 1.82) is 0 Å². The van der Waals surface area contributed by atoms with Crippen LogP contribution >= 0.6 is 0 Å². The Bertz CT molecular complexity index is 511. The first-order chi connectivity index (χ1) is 10.3. The second-order valence-corrected chi connectivity index (χ2v) is 5.14. The zero-order valence-electron chi connectivity index (χ0n) is 11.6. The van der Waals surface area contributed by atoms with E-state index in [4.69, 9.17) is 13.6 Å². The van der Waals surface area contributed by atoms with Gasteiger partial charge >= 0.3 is 0 Å². The third-order valence-electron chi connectivity index (χ3n) is 3.51. The highest BCUT2D eigenvalue weighted by atomic mass is 16.5. The normalized spacial score (nSPS) is 18.0. The smallest absolute Gasteiger partial charge is 0.223 e. The molecule has 112 valence electrons. The fourth-order valence-electron chi connectivity index (χ4n) is 2.37. The minimum atomic E-state index is 0.0662. The average molecular weight is 291 g/mol. The number of ether oxygens (including phenoxy) is 1. The van der Waals surface area contributed by atoms with Gasteiger partial charge in [0.2, 0.25) is 5.91 Å². The van der Waals surface area contributed by atoms with Gasteiger partial charge in [0.1, 0.15) is 12.5 Å². The molecule has 0 unspecified atom stereocenters. The Labute approximate surface area is 121 Å². The van der Waals surface area contributed by atoms with E-state index in [2.05, 4.69) is 9.97 Å². The van der Waals surface area contributed by atoms with Gasteiger partial charge < -0.3 is 18.5 Å². The van der Waals surface area contributed by atoms with E-state index in [1.54, 1.807) is 17.4 Å². The van der Waals surface area contributed by atoms with Crippen LogP contribution in [-0.4, -0.2) is 34.0 Å². The quantitative estimate of drug-likeness (QED) is 0.804. The van der Waals surface area contributed by atoms with E-state index in [0.29, 0.717) is 32.0 Å². The molecule has 0 N–H and O–H groups in total. The summed E-state index contributed by atoms with van der Waals surface area (Å²) in [5, 5.41) is 0. The molecule has 1 atom stereocenters. The Kier molecular flexibility index (Phi) is 4.30. The molecule has 7 heteroatoms. The van der Waals surface area contributed by atoms with Crippen LogP contribution in [0, 0.1) is 5.92 Å². The van der Waals surface area contributed by atoms with Crippen molar-refractivity contribution in [2.24, 2.45) is 5.92 Å². The number of oxazole rings is 2. The van der Waals surface area contributed by atoms with Crippen LogP contribution in [0.5, 0.6) is 0 Å². The summed E-state index contributed by atoms with van der Waals surface area (Å²) >= 11 is 0. The van der Waals surface area contributed by atoms with Crippen molar-refractivity contribution in [1.82, 2.24) is 14.9 Å². The molecule has 21 heavy (non-hydrogen) atoms. The van der Waals surface area contributed by atoms with Crippen LogP contribution in [0.4, 0.5) is 0 Å². The number of hydrogen-bond donors (Lipinski definition) is 0. The fourth-order valence-corrected chi connectivity index (χ4v) is 2.37. The van der Waals surface area contributed by atoms with E-state index in [9.17, 15) is 4.79 Å². The van der Waals surface area contributed by atoms with E-state index >= 15 is 0 Å². The lowest BCUT2D eigenvalue weighted by Gasteiger charge is -2.22. The molecule has 1 fully saturated rings. The monoisotopic (exact) mass is 291 g/mol. The number of hydrogen-bond acceptors (Lipinski definition) is 6. The summed E-state index contributed by atoms with van der Waals surface area (Å²) in [5.41, 5.74) is 1.43. The molecule has 1 aliphatic heterocycles. The summed E-state index contributed by atoms with van der Waals surface area (Å²) in [6.07, 6.45) is 7.23. The third-order valence-corrected chi connectivity index (χ3v) is 3.51. The Balaban J connectivity index is 1.66. The van der Waals surface area contributed by atoms with Gasteiger partial charge in [-0.1, -0.05) is 0 Å². The highest BCUT2D eigenvalue weighted by Crippen LogP contribution is 2.19. The van der Waals surface area contributed by atoms with Crippen LogP contribution in [0.3, 0.4) is 0 Å². The molecule has 2 aromatic rings. The van der Waals surface area contributed by atoms with E-state index in [-0.39, 0.29) is 5.91 Å². The van der Waals surface area contributed by atoms with Crippen molar-refractivity contribution >= 4 is 5.91 Å². The number of nitrogens with zero attached hydrogens (tertiary/aromatic N) is 3. The van der Waals surface area contributed by atoms with Crippen LogP contribution in [0.15, 0.2) is 34.1 Å². The minimum absolute atomic E-state index is 0.0662. The van der Waals surface area contributed by atoms with Gasteiger partial charge in [-0.3, -0.25) is 4.79 Å². The van der Waals surface area contributed by atoms with Gasteiger partial charge in [0.25, 0.3) is 0 Å². The molecule has 0 saturated carbocycles. The predicted molar refractivity (Wildman–Crippen MR) is 70.8 cm³/mol. The highest BCUT2D eigenvalue weighted by molar-refractivity contribution is 5.76.